The summed E-state index contributed by atoms with van der Waals surface area (Å²) in [6.07, 6.45) is 8.65. The highest BCUT2D eigenvalue weighted by Crippen LogP contribution is 2.33. The summed E-state index contributed by atoms with van der Waals surface area (Å²) >= 11 is 5.31. The first kappa shape index (κ1) is 23.6. The highest BCUT2D eigenvalue weighted by molar-refractivity contribution is 9.10. The number of amidine groups is 1. The van der Waals surface area contributed by atoms with Crippen LogP contribution < -0.4 is 4.90 Å². The van der Waals surface area contributed by atoms with Gasteiger partial charge in [0.1, 0.15) is 6.17 Å². The lowest BCUT2D eigenvalue weighted by molar-refractivity contribution is -0.117. The Bertz CT molecular complexity index is 664. The molecule has 2 aliphatic rings. The van der Waals surface area contributed by atoms with Gasteiger partial charge in [-0.1, -0.05) is 60.3 Å². The molecular weight excluding hydrogens is 458 g/mol. The lowest BCUT2D eigenvalue weighted by Crippen LogP contribution is -2.50. The van der Waals surface area contributed by atoms with Crippen LogP contribution in [0.3, 0.4) is 0 Å². The van der Waals surface area contributed by atoms with Crippen LogP contribution in [0.5, 0.6) is 0 Å². The minimum atomic E-state index is 0. The van der Waals surface area contributed by atoms with Gasteiger partial charge in [-0.3, -0.25) is 14.7 Å². The van der Waals surface area contributed by atoms with Crippen LogP contribution >= 0.6 is 40.1 Å². The number of halogens is 2. The van der Waals surface area contributed by atoms with Crippen molar-refractivity contribution in [1.82, 2.24) is 4.90 Å². The lowest BCUT2D eigenvalue weighted by Gasteiger charge is -2.35. The van der Waals surface area contributed by atoms with Gasteiger partial charge in [-0.2, -0.15) is 0 Å². The molecule has 0 N–H and O–H groups in total. The van der Waals surface area contributed by atoms with Gasteiger partial charge in [0.2, 0.25) is 5.91 Å². The van der Waals surface area contributed by atoms with Gasteiger partial charge in [0.25, 0.3) is 0 Å². The molecule has 1 saturated heterocycles. The molecule has 28 heavy (non-hydrogen) atoms. The molecule has 0 radical (unpaired) electrons. The van der Waals surface area contributed by atoms with Crippen molar-refractivity contribution in [3.8, 4) is 0 Å². The fourth-order valence-electron chi connectivity index (χ4n) is 3.88. The summed E-state index contributed by atoms with van der Waals surface area (Å²) in [5.41, 5.74) is 0.955. The number of thioether (sulfide) groups is 1. The molecule has 1 aliphatic heterocycles. The number of anilines is 1. The van der Waals surface area contributed by atoms with Gasteiger partial charge < -0.3 is 4.90 Å². The Morgan fingerprint density at radius 1 is 1.25 bits per heavy atom. The van der Waals surface area contributed by atoms with E-state index in [2.05, 4.69) is 27.8 Å². The summed E-state index contributed by atoms with van der Waals surface area (Å²) in [5, 5.41) is 1.14. The van der Waals surface area contributed by atoms with Crippen LogP contribution in [0.2, 0.25) is 0 Å². The second-order valence-corrected chi connectivity index (χ2v) is 9.31. The monoisotopic (exact) mass is 487 g/mol. The average molecular weight is 489 g/mol. The van der Waals surface area contributed by atoms with Gasteiger partial charge >= 0.3 is 0 Å². The van der Waals surface area contributed by atoms with Crippen LogP contribution in [-0.2, 0) is 4.79 Å². The molecule has 2 fully saturated rings. The second kappa shape index (κ2) is 11.5. The zero-order valence-corrected chi connectivity index (χ0v) is 20.0. The Balaban J connectivity index is 0.00000280. The molecule has 0 bridgehead atoms. The number of amides is 1. The predicted octanol–water partition coefficient (Wildman–Crippen LogP) is 6.09. The molecule has 1 aliphatic carbocycles. The summed E-state index contributed by atoms with van der Waals surface area (Å²) in [6.45, 7) is 4.84. The van der Waals surface area contributed by atoms with Crippen LogP contribution in [0.1, 0.15) is 58.8 Å². The van der Waals surface area contributed by atoms with Crippen molar-refractivity contribution in [2.24, 2.45) is 4.99 Å². The molecule has 1 aromatic rings. The van der Waals surface area contributed by atoms with E-state index >= 15 is 0 Å². The van der Waals surface area contributed by atoms with Crippen LogP contribution in [0.15, 0.2) is 33.7 Å². The number of unbranched alkanes of at least 4 members (excludes halogenated alkanes) is 1. The van der Waals surface area contributed by atoms with E-state index in [0.717, 1.165) is 40.5 Å². The standard InChI is InChI=1S/C21H30BrN3OS.ClH/c1-3-4-14-24-20(15-27-21(24)23-18-8-6-5-7-9-18)25(16(2)26)19-12-10-17(22)11-13-19;/h10-13,18,20H,3-9,14-15H2,1-2H3;1H. The fraction of sp³-hybridized carbons (Fsp3) is 0.619. The van der Waals surface area contributed by atoms with Crippen molar-refractivity contribution in [2.75, 3.05) is 17.2 Å². The SMILES string of the molecule is CCCCN1C(=NC2CCCCC2)SCC1N(C(C)=O)c1ccc(Br)cc1.Cl. The number of benzene rings is 1. The normalized spacial score (nSPS) is 21.6. The largest absolute Gasteiger partial charge is 0.330 e. The van der Waals surface area contributed by atoms with Crippen LogP contribution in [0, 0.1) is 0 Å². The maximum absolute atomic E-state index is 12.6. The molecule has 4 nitrogen and oxygen atoms in total. The molecule has 3 rings (SSSR count). The van der Waals surface area contributed by atoms with Crippen molar-refractivity contribution in [1.29, 1.82) is 0 Å². The minimum absolute atomic E-state index is 0. The Morgan fingerprint density at radius 3 is 2.54 bits per heavy atom. The third-order valence-corrected chi connectivity index (χ3v) is 6.92. The van der Waals surface area contributed by atoms with E-state index in [-0.39, 0.29) is 24.5 Å². The fourth-order valence-corrected chi connectivity index (χ4v) is 5.37. The number of hydrogen-bond donors (Lipinski definition) is 0. The number of nitrogens with zero attached hydrogens (tertiary/aromatic N) is 3. The van der Waals surface area contributed by atoms with Crippen molar-refractivity contribution >= 4 is 56.9 Å². The van der Waals surface area contributed by atoms with Gasteiger partial charge in [0, 0.05) is 29.4 Å². The molecule has 1 saturated carbocycles. The third kappa shape index (κ3) is 5.90. The molecule has 1 aromatic carbocycles. The van der Waals surface area contributed by atoms with E-state index in [9.17, 15) is 4.79 Å². The topological polar surface area (TPSA) is 35.9 Å². The average Bonchev–Trinajstić information content (AvgIpc) is 3.04. The molecule has 1 heterocycles. The highest BCUT2D eigenvalue weighted by Gasteiger charge is 2.36. The van der Waals surface area contributed by atoms with Crippen LogP contribution in [-0.4, -0.2) is 40.5 Å². The van der Waals surface area contributed by atoms with Gasteiger partial charge in [0.15, 0.2) is 5.17 Å². The van der Waals surface area contributed by atoms with E-state index < -0.39 is 0 Å². The van der Waals surface area contributed by atoms with Gasteiger partial charge in [0.05, 0.1) is 6.04 Å². The molecule has 156 valence electrons. The van der Waals surface area contributed by atoms with Crippen molar-refractivity contribution in [3.05, 3.63) is 28.7 Å². The minimum Gasteiger partial charge on any atom is -0.330 e. The first-order valence-corrected chi connectivity index (χ1v) is 11.9. The lowest BCUT2D eigenvalue weighted by atomic mass is 9.96. The smallest absolute Gasteiger partial charge is 0.225 e. The van der Waals surface area contributed by atoms with Gasteiger partial charge in [-0.25, -0.2) is 0 Å². The van der Waals surface area contributed by atoms with E-state index in [4.69, 9.17) is 4.99 Å². The predicted molar refractivity (Wildman–Crippen MR) is 127 cm³/mol. The molecule has 1 amide bonds. The molecule has 1 unspecified atom stereocenters. The van der Waals surface area contributed by atoms with Crippen molar-refractivity contribution in [3.63, 3.8) is 0 Å². The number of carbonyl (C=O) groups is 1. The molecule has 1 atom stereocenters. The maximum atomic E-state index is 12.6. The highest BCUT2D eigenvalue weighted by atomic mass is 79.9. The van der Waals surface area contributed by atoms with Gasteiger partial charge in [-0.15, -0.1) is 12.4 Å². The van der Waals surface area contributed by atoms with E-state index in [1.165, 1.54) is 32.1 Å². The Hall–Kier alpha value is -0.720. The first-order chi connectivity index (χ1) is 13.1. The Morgan fingerprint density at radius 2 is 1.93 bits per heavy atom. The molecular formula is C21H31BrClN3OS. The van der Waals surface area contributed by atoms with Crippen molar-refractivity contribution in [2.45, 2.75) is 71.0 Å². The van der Waals surface area contributed by atoms with Crippen LogP contribution in [0.25, 0.3) is 0 Å². The summed E-state index contributed by atoms with van der Waals surface area (Å²) in [7, 11) is 0. The molecule has 0 spiro atoms. The van der Waals surface area contributed by atoms with E-state index in [0.29, 0.717) is 6.04 Å². The first-order valence-electron chi connectivity index (χ1n) is 10.1. The summed E-state index contributed by atoms with van der Waals surface area (Å²) < 4.78 is 1.03. The maximum Gasteiger partial charge on any atom is 0.225 e. The van der Waals surface area contributed by atoms with Crippen LogP contribution in [0.4, 0.5) is 5.69 Å². The zero-order chi connectivity index (χ0) is 19.2. The van der Waals surface area contributed by atoms with Gasteiger partial charge in [-0.05, 0) is 43.5 Å². The zero-order valence-electron chi connectivity index (χ0n) is 16.8. The second-order valence-electron chi connectivity index (χ2n) is 7.41. The summed E-state index contributed by atoms with van der Waals surface area (Å²) in [5.74, 6) is 0.966. The number of rotatable bonds is 6. The molecule has 7 heteroatoms. The summed E-state index contributed by atoms with van der Waals surface area (Å²) in [6, 6.07) is 8.50. The van der Waals surface area contributed by atoms with Crippen molar-refractivity contribution < 1.29 is 4.79 Å². The Labute approximate surface area is 188 Å². The van der Waals surface area contributed by atoms with E-state index in [1.54, 1.807) is 6.92 Å². The third-order valence-electron chi connectivity index (χ3n) is 5.33. The number of carbonyl (C=O) groups excluding carboxylic acids is 1. The van der Waals surface area contributed by atoms with E-state index in [1.807, 2.05) is 40.9 Å². The quantitative estimate of drug-likeness (QED) is 0.486. The number of aliphatic imine (C=N–C) groups is 1. The number of hydrogen-bond acceptors (Lipinski definition) is 3. The summed E-state index contributed by atoms with van der Waals surface area (Å²) in [4.78, 5) is 22.0. The molecule has 0 aromatic heterocycles. The Kier molecular flexibility index (Phi) is 9.64.